The van der Waals surface area contributed by atoms with E-state index in [9.17, 15) is 13.2 Å². The normalized spacial score (nSPS) is 20.1. The van der Waals surface area contributed by atoms with E-state index in [1.807, 2.05) is 0 Å². The fourth-order valence-corrected chi connectivity index (χ4v) is 3.56. The zero-order valence-electron chi connectivity index (χ0n) is 10.6. The second-order valence-electron chi connectivity index (χ2n) is 4.58. The summed E-state index contributed by atoms with van der Waals surface area (Å²) in [4.78, 5) is 11.7. The first-order chi connectivity index (χ1) is 8.92. The zero-order chi connectivity index (χ0) is 14.0. The molecular weight excluding hydrogens is 266 g/mol. The van der Waals surface area contributed by atoms with Gasteiger partial charge in [0.2, 0.25) is 15.9 Å². The summed E-state index contributed by atoms with van der Waals surface area (Å²) < 4.78 is 27.0. The van der Waals surface area contributed by atoms with E-state index in [-0.39, 0.29) is 10.8 Å². The fraction of sp³-hybridized carbons (Fsp3) is 0.417. The van der Waals surface area contributed by atoms with E-state index in [1.165, 1.54) is 6.07 Å². The molecule has 1 amide bonds. The van der Waals surface area contributed by atoms with Crippen LogP contribution in [0.3, 0.4) is 0 Å². The average molecular weight is 283 g/mol. The van der Waals surface area contributed by atoms with Crippen molar-refractivity contribution in [2.24, 2.45) is 0 Å². The number of amides is 1. The van der Waals surface area contributed by atoms with Crippen LogP contribution in [0.15, 0.2) is 23.1 Å². The third-order valence-corrected chi connectivity index (χ3v) is 4.81. The van der Waals surface area contributed by atoms with Crippen LogP contribution in [0.25, 0.3) is 0 Å². The first-order valence-electron chi connectivity index (χ1n) is 6.07. The van der Waals surface area contributed by atoms with E-state index in [1.54, 1.807) is 19.1 Å². The lowest BCUT2D eigenvalue weighted by Crippen LogP contribution is -2.50. The Labute approximate surface area is 112 Å². The van der Waals surface area contributed by atoms with Gasteiger partial charge in [-0.15, -0.1) is 0 Å². The predicted molar refractivity (Wildman–Crippen MR) is 71.9 cm³/mol. The highest BCUT2D eigenvalue weighted by molar-refractivity contribution is 7.89. The van der Waals surface area contributed by atoms with Crippen LogP contribution in [0.4, 0.5) is 5.69 Å². The van der Waals surface area contributed by atoms with Crippen LogP contribution >= 0.6 is 0 Å². The SMILES string of the molecule is Cc1c(N)cccc1S(=O)(=O)NC1CCCNC1=O. The van der Waals surface area contributed by atoms with Crippen molar-refractivity contribution in [2.75, 3.05) is 12.3 Å². The van der Waals surface area contributed by atoms with Crippen LogP contribution < -0.4 is 15.8 Å². The van der Waals surface area contributed by atoms with E-state index in [4.69, 9.17) is 5.73 Å². The van der Waals surface area contributed by atoms with Gasteiger partial charge in [0.25, 0.3) is 0 Å². The molecule has 7 heteroatoms. The number of benzene rings is 1. The number of anilines is 1. The van der Waals surface area contributed by atoms with Gasteiger partial charge in [0, 0.05) is 12.2 Å². The number of rotatable bonds is 3. The van der Waals surface area contributed by atoms with E-state index in [2.05, 4.69) is 10.0 Å². The van der Waals surface area contributed by atoms with Crippen molar-refractivity contribution in [3.05, 3.63) is 23.8 Å². The number of hydrogen-bond donors (Lipinski definition) is 3. The van der Waals surface area contributed by atoms with Gasteiger partial charge in [0.1, 0.15) is 6.04 Å². The summed E-state index contributed by atoms with van der Waals surface area (Å²) in [7, 11) is -3.74. The van der Waals surface area contributed by atoms with E-state index in [0.717, 1.165) is 6.42 Å². The summed E-state index contributed by atoms with van der Waals surface area (Å²) >= 11 is 0. The Kier molecular flexibility index (Phi) is 3.77. The largest absolute Gasteiger partial charge is 0.398 e. The Bertz CT molecular complexity index is 598. The molecule has 4 N–H and O–H groups in total. The third kappa shape index (κ3) is 2.87. The van der Waals surface area contributed by atoms with Crippen LogP contribution in [-0.4, -0.2) is 26.9 Å². The molecule has 0 aliphatic carbocycles. The minimum Gasteiger partial charge on any atom is -0.398 e. The second-order valence-corrected chi connectivity index (χ2v) is 6.26. The van der Waals surface area contributed by atoms with Gasteiger partial charge in [-0.3, -0.25) is 4.79 Å². The summed E-state index contributed by atoms with van der Waals surface area (Å²) in [6, 6.07) is 3.99. The molecule has 0 bridgehead atoms. The molecule has 0 radical (unpaired) electrons. The van der Waals surface area contributed by atoms with Crippen molar-refractivity contribution in [1.29, 1.82) is 0 Å². The number of piperidine rings is 1. The molecule has 1 aliphatic rings. The third-order valence-electron chi connectivity index (χ3n) is 3.20. The van der Waals surface area contributed by atoms with Gasteiger partial charge in [-0.05, 0) is 37.5 Å². The standard InChI is InChI=1S/C12H17N3O3S/c1-8-9(13)4-2-6-11(8)19(17,18)15-10-5-3-7-14-12(10)16/h2,4,6,10,15H,3,5,7,13H2,1H3,(H,14,16). The average Bonchev–Trinajstić information content (AvgIpc) is 2.35. The molecular formula is C12H17N3O3S. The summed E-state index contributed by atoms with van der Waals surface area (Å²) in [5, 5.41) is 2.64. The highest BCUT2D eigenvalue weighted by atomic mass is 32.2. The first-order valence-corrected chi connectivity index (χ1v) is 7.55. The summed E-state index contributed by atoms with van der Waals surface area (Å²) in [6.45, 7) is 2.24. The Hall–Kier alpha value is -1.60. The van der Waals surface area contributed by atoms with Gasteiger partial charge in [-0.1, -0.05) is 6.07 Å². The molecule has 1 saturated heterocycles. The Morgan fingerprint density at radius 2 is 2.16 bits per heavy atom. The molecule has 1 heterocycles. The zero-order valence-corrected chi connectivity index (χ0v) is 11.5. The molecule has 1 aliphatic heterocycles. The molecule has 1 aromatic carbocycles. The monoisotopic (exact) mass is 283 g/mol. The lowest BCUT2D eigenvalue weighted by molar-refractivity contribution is -0.124. The molecule has 19 heavy (non-hydrogen) atoms. The molecule has 1 fully saturated rings. The molecule has 1 unspecified atom stereocenters. The lowest BCUT2D eigenvalue weighted by atomic mass is 10.1. The van der Waals surface area contributed by atoms with Gasteiger partial charge in [-0.25, -0.2) is 8.42 Å². The quantitative estimate of drug-likeness (QED) is 0.686. The van der Waals surface area contributed by atoms with Crippen LogP contribution in [0.2, 0.25) is 0 Å². The minimum absolute atomic E-state index is 0.117. The van der Waals surface area contributed by atoms with Gasteiger partial charge in [0.15, 0.2) is 0 Å². The lowest BCUT2D eigenvalue weighted by Gasteiger charge is -2.23. The molecule has 1 atom stereocenters. The highest BCUT2D eigenvalue weighted by Gasteiger charge is 2.28. The van der Waals surface area contributed by atoms with Crippen LogP contribution in [0.5, 0.6) is 0 Å². The number of nitrogen functional groups attached to an aromatic ring is 1. The van der Waals surface area contributed by atoms with Crippen molar-refractivity contribution in [3.63, 3.8) is 0 Å². The first kappa shape index (κ1) is 13.8. The van der Waals surface area contributed by atoms with Gasteiger partial charge < -0.3 is 11.1 Å². The summed E-state index contributed by atoms with van der Waals surface area (Å²) in [6.07, 6.45) is 1.27. The van der Waals surface area contributed by atoms with Crippen molar-refractivity contribution in [1.82, 2.24) is 10.0 Å². The van der Waals surface area contributed by atoms with E-state index < -0.39 is 16.1 Å². The van der Waals surface area contributed by atoms with Gasteiger partial charge >= 0.3 is 0 Å². The number of carbonyl (C=O) groups excluding carboxylic acids is 1. The predicted octanol–water partition coefficient (Wildman–Crippen LogP) is 0.134. The van der Waals surface area contributed by atoms with E-state index >= 15 is 0 Å². The summed E-state index contributed by atoms with van der Waals surface area (Å²) in [5.74, 6) is -0.281. The minimum atomic E-state index is -3.74. The second kappa shape index (κ2) is 5.18. The molecule has 6 nitrogen and oxygen atoms in total. The number of nitrogens with one attached hydrogen (secondary N) is 2. The molecule has 0 spiro atoms. The molecule has 104 valence electrons. The van der Waals surface area contributed by atoms with Crippen molar-refractivity contribution in [2.45, 2.75) is 30.7 Å². The highest BCUT2D eigenvalue weighted by Crippen LogP contribution is 2.21. The maximum atomic E-state index is 12.3. The van der Waals surface area contributed by atoms with E-state index in [0.29, 0.717) is 24.2 Å². The van der Waals surface area contributed by atoms with Crippen LogP contribution in [-0.2, 0) is 14.8 Å². The van der Waals surface area contributed by atoms with Crippen molar-refractivity contribution < 1.29 is 13.2 Å². The van der Waals surface area contributed by atoms with Crippen molar-refractivity contribution in [3.8, 4) is 0 Å². The molecule has 0 aromatic heterocycles. The number of hydrogen-bond acceptors (Lipinski definition) is 4. The van der Waals surface area contributed by atoms with Gasteiger partial charge in [-0.2, -0.15) is 4.72 Å². The maximum Gasteiger partial charge on any atom is 0.241 e. The van der Waals surface area contributed by atoms with Crippen LogP contribution in [0.1, 0.15) is 18.4 Å². The smallest absolute Gasteiger partial charge is 0.241 e. The number of carbonyl (C=O) groups is 1. The maximum absolute atomic E-state index is 12.3. The Morgan fingerprint density at radius 1 is 1.42 bits per heavy atom. The molecule has 0 saturated carbocycles. The Balaban J connectivity index is 2.27. The summed E-state index contributed by atoms with van der Waals surface area (Å²) in [5.41, 5.74) is 6.61. The van der Waals surface area contributed by atoms with Crippen molar-refractivity contribution >= 4 is 21.6 Å². The molecule has 1 aromatic rings. The number of nitrogens with two attached hydrogens (primary N) is 1. The Morgan fingerprint density at radius 3 is 2.84 bits per heavy atom. The topological polar surface area (TPSA) is 101 Å². The fourth-order valence-electron chi connectivity index (χ4n) is 2.06. The van der Waals surface area contributed by atoms with Gasteiger partial charge in [0.05, 0.1) is 4.90 Å². The van der Waals surface area contributed by atoms with Crippen LogP contribution in [0, 0.1) is 6.92 Å². The molecule has 2 rings (SSSR count). The number of sulfonamides is 1.